The lowest BCUT2D eigenvalue weighted by Gasteiger charge is -2.27. The van der Waals surface area contributed by atoms with Crippen LogP contribution >= 0.6 is 11.3 Å². The Hall–Kier alpha value is -0.910. The molecule has 0 aliphatic carbocycles. The van der Waals surface area contributed by atoms with Gasteiger partial charge in [0, 0.05) is 11.4 Å². The summed E-state index contributed by atoms with van der Waals surface area (Å²) in [6, 6.07) is 3.18. The number of hydrogen-bond donors (Lipinski definition) is 1. The van der Waals surface area contributed by atoms with E-state index in [-0.39, 0.29) is 5.91 Å². The minimum atomic E-state index is -0.580. The molecule has 1 aromatic rings. The van der Waals surface area contributed by atoms with E-state index >= 15 is 0 Å². The van der Waals surface area contributed by atoms with Gasteiger partial charge >= 0.3 is 0 Å². The summed E-state index contributed by atoms with van der Waals surface area (Å²) in [7, 11) is 0. The Morgan fingerprint density at radius 1 is 1.60 bits per heavy atom. The largest absolute Gasteiger partial charge is 0.315 e. The first-order valence-electron chi connectivity index (χ1n) is 5.02. The van der Waals surface area contributed by atoms with Gasteiger partial charge in [-0.25, -0.2) is 5.06 Å². The zero-order chi connectivity index (χ0) is 10.7. The number of nitrogens with zero attached hydrogens (tertiary/aromatic N) is 1. The molecule has 1 aliphatic rings. The fourth-order valence-corrected chi connectivity index (χ4v) is 2.23. The lowest BCUT2D eigenvalue weighted by atomic mass is 10.2. The van der Waals surface area contributed by atoms with Crippen molar-refractivity contribution in [3.05, 3.63) is 22.4 Å². The van der Waals surface area contributed by atoms with Crippen molar-refractivity contribution in [3.63, 3.8) is 0 Å². The zero-order valence-corrected chi connectivity index (χ0v) is 9.20. The normalized spacial score (nSPS) is 18.9. The minimum Gasteiger partial charge on any atom is -0.315 e. The second kappa shape index (κ2) is 4.74. The average molecular weight is 226 g/mol. The number of thiophene rings is 1. The van der Waals surface area contributed by atoms with E-state index in [0.29, 0.717) is 13.2 Å². The van der Waals surface area contributed by atoms with E-state index in [1.807, 2.05) is 17.5 Å². The highest BCUT2D eigenvalue weighted by atomic mass is 32.1. The molecule has 5 heteroatoms. The SMILES string of the molecule is NC(C(=O)N1CCCCO1)c1cccs1. The van der Waals surface area contributed by atoms with Crippen molar-refractivity contribution in [3.8, 4) is 0 Å². The van der Waals surface area contributed by atoms with Crippen LogP contribution in [0.2, 0.25) is 0 Å². The monoisotopic (exact) mass is 226 g/mol. The summed E-state index contributed by atoms with van der Waals surface area (Å²) in [5.41, 5.74) is 5.85. The molecule has 1 unspecified atom stereocenters. The minimum absolute atomic E-state index is 0.142. The third-order valence-electron chi connectivity index (χ3n) is 2.36. The lowest BCUT2D eigenvalue weighted by Crippen LogP contribution is -2.41. The molecule has 1 amide bonds. The van der Waals surface area contributed by atoms with Crippen LogP contribution in [0, 0.1) is 0 Å². The van der Waals surface area contributed by atoms with E-state index in [1.165, 1.54) is 16.4 Å². The molecule has 0 bridgehead atoms. The van der Waals surface area contributed by atoms with Gasteiger partial charge in [-0.1, -0.05) is 6.07 Å². The van der Waals surface area contributed by atoms with Gasteiger partial charge in [0.15, 0.2) is 0 Å². The number of rotatable bonds is 2. The van der Waals surface area contributed by atoms with Crippen LogP contribution in [0.4, 0.5) is 0 Å². The molecule has 4 nitrogen and oxygen atoms in total. The molecule has 15 heavy (non-hydrogen) atoms. The van der Waals surface area contributed by atoms with Crippen molar-refractivity contribution >= 4 is 17.2 Å². The van der Waals surface area contributed by atoms with Crippen molar-refractivity contribution in [2.24, 2.45) is 5.73 Å². The third kappa shape index (κ3) is 2.37. The fraction of sp³-hybridized carbons (Fsp3) is 0.500. The van der Waals surface area contributed by atoms with E-state index in [0.717, 1.165) is 17.7 Å². The Kier molecular flexibility index (Phi) is 3.35. The molecule has 0 spiro atoms. The summed E-state index contributed by atoms with van der Waals surface area (Å²) >= 11 is 1.50. The Morgan fingerprint density at radius 3 is 3.07 bits per heavy atom. The van der Waals surface area contributed by atoms with Gasteiger partial charge in [-0.05, 0) is 24.3 Å². The maximum absolute atomic E-state index is 11.9. The molecule has 2 heterocycles. The van der Waals surface area contributed by atoms with Crippen molar-refractivity contribution in [2.45, 2.75) is 18.9 Å². The number of hydrogen-bond acceptors (Lipinski definition) is 4. The summed E-state index contributed by atoms with van der Waals surface area (Å²) in [6.45, 7) is 1.26. The first-order chi connectivity index (χ1) is 7.29. The number of carbonyl (C=O) groups is 1. The van der Waals surface area contributed by atoms with Crippen molar-refractivity contribution in [1.29, 1.82) is 0 Å². The van der Waals surface area contributed by atoms with Crippen LogP contribution in [0.5, 0.6) is 0 Å². The Labute approximate surface area is 92.6 Å². The summed E-state index contributed by atoms with van der Waals surface area (Å²) in [4.78, 5) is 18.0. The molecule has 0 radical (unpaired) electrons. The van der Waals surface area contributed by atoms with Crippen LogP contribution in [0.1, 0.15) is 23.8 Å². The maximum Gasteiger partial charge on any atom is 0.268 e. The van der Waals surface area contributed by atoms with E-state index in [1.54, 1.807) is 0 Å². The summed E-state index contributed by atoms with van der Waals surface area (Å²) in [5, 5.41) is 3.31. The molecule has 0 saturated carbocycles. The molecule has 2 N–H and O–H groups in total. The van der Waals surface area contributed by atoms with Crippen molar-refractivity contribution in [1.82, 2.24) is 5.06 Å². The molecule has 82 valence electrons. The van der Waals surface area contributed by atoms with Gasteiger partial charge in [-0.15, -0.1) is 11.3 Å². The Bertz CT molecular complexity index is 320. The molecule has 1 aliphatic heterocycles. The van der Waals surface area contributed by atoms with Gasteiger partial charge in [0.2, 0.25) is 0 Å². The third-order valence-corrected chi connectivity index (χ3v) is 3.32. The van der Waals surface area contributed by atoms with Crippen LogP contribution in [-0.4, -0.2) is 24.1 Å². The Balaban J connectivity index is 2.00. The highest BCUT2D eigenvalue weighted by Gasteiger charge is 2.25. The molecular formula is C10H14N2O2S. The van der Waals surface area contributed by atoms with Gasteiger partial charge in [-0.3, -0.25) is 9.63 Å². The number of nitrogens with two attached hydrogens (primary N) is 1. The van der Waals surface area contributed by atoms with E-state index in [9.17, 15) is 4.79 Å². The van der Waals surface area contributed by atoms with Crippen LogP contribution < -0.4 is 5.73 Å². The molecule has 1 fully saturated rings. The highest BCUT2D eigenvalue weighted by molar-refractivity contribution is 7.10. The van der Waals surface area contributed by atoms with Gasteiger partial charge in [0.05, 0.1) is 6.61 Å². The lowest BCUT2D eigenvalue weighted by molar-refractivity contribution is -0.198. The first kappa shape index (κ1) is 10.6. The standard InChI is InChI=1S/C10H14N2O2S/c11-9(8-4-3-7-15-8)10(13)12-5-1-2-6-14-12/h3-4,7,9H,1-2,5-6,11H2. The molecule has 0 aromatic carbocycles. The van der Waals surface area contributed by atoms with E-state index < -0.39 is 6.04 Å². The van der Waals surface area contributed by atoms with Gasteiger partial charge in [0.25, 0.3) is 5.91 Å². The van der Waals surface area contributed by atoms with Crippen LogP contribution in [0.25, 0.3) is 0 Å². The topological polar surface area (TPSA) is 55.6 Å². The van der Waals surface area contributed by atoms with Crippen molar-refractivity contribution < 1.29 is 9.63 Å². The molecular weight excluding hydrogens is 212 g/mol. The fourth-order valence-electron chi connectivity index (χ4n) is 1.52. The van der Waals surface area contributed by atoms with E-state index in [2.05, 4.69) is 0 Å². The number of carbonyl (C=O) groups excluding carboxylic acids is 1. The van der Waals surface area contributed by atoms with E-state index in [4.69, 9.17) is 10.6 Å². The van der Waals surface area contributed by atoms with Crippen LogP contribution in [0.3, 0.4) is 0 Å². The summed E-state index contributed by atoms with van der Waals surface area (Å²) in [5.74, 6) is -0.142. The second-order valence-electron chi connectivity index (χ2n) is 3.47. The smallest absolute Gasteiger partial charge is 0.268 e. The maximum atomic E-state index is 11.9. The van der Waals surface area contributed by atoms with Gasteiger partial charge in [-0.2, -0.15) is 0 Å². The van der Waals surface area contributed by atoms with Crippen molar-refractivity contribution in [2.75, 3.05) is 13.2 Å². The number of amides is 1. The quantitative estimate of drug-likeness (QED) is 0.827. The van der Waals surface area contributed by atoms with Gasteiger partial charge in [0.1, 0.15) is 6.04 Å². The van der Waals surface area contributed by atoms with Crippen LogP contribution in [-0.2, 0) is 9.63 Å². The predicted octanol–water partition coefficient (Wildman–Crippen LogP) is 1.30. The first-order valence-corrected chi connectivity index (χ1v) is 5.90. The molecule has 2 rings (SSSR count). The summed E-state index contributed by atoms with van der Waals surface area (Å²) < 4.78 is 0. The van der Waals surface area contributed by atoms with Gasteiger partial charge < -0.3 is 5.73 Å². The average Bonchev–Trinajstić information content (AvgIpc) is 2.82. The van der Waals surface area contributed by atoms with Crippen LogP contribution in [0.15, 0.2) is 17.5 Å². The number of hydroxylamine groups is 2. The molecule has 1 saturated heterocycles. The highest BCUT2D eigenvalue weighted by Crippen LogP contribution is 2.20. The second-order valence-corrected chi connectivity index (χ2v) is 4.45. The predicted molar refractivity (Wildman–Crippen MR) is 58.1 cm³/mol. The summed E-state index contributed by atoms with van der Waals surface area (Å²) in [6.07, 6.45) is 2.00. The molecule has 1 aromatic heterocycles. The molecule has 1 atom stereocenters. The zero-order valence-electron chi connectivity index (χ0n) is 8.39. The Morgan fingerprint density at radius 2 is 2.47 bits per heavy atom.